The van der Waals surface area contributed by atoms with Crippen molar-refractivity contribution in [2.45, 2.75) is 17.9 Å². The zero-order valence-electron chi connectivity index (χ0n) is 13.4. The van der Waals surface area contributed by atoms with Crippen LogP contribution in [0, 0.1) is 12.7 Å². The molecule has 1 amide bonds. The molecule has 1 N–H and O–H groups in total. The Bertz CT molecular complexity index is 727. The smallest absolute Gasteiger partial charge is 0.243 e. The molecule has 132 valence electrons. The van der Waals surface area contributed by atoms with Crippen molar-refractivity contribution in [2.75, 3.05) is 37.8 Å². The number of piperazine rings is 1. The van der Waals surface area contributed by atoms with Gasteiger partial charge in [-0.15, -0.1) is 11.8 Å². The minimum absolute atomic E-state index is 0.0367. The third-order valence-electron chi connectivity index (χ3n) is 4.33. The standard InChI is InChI=1S/C15H20FN3O3S2/c1-11-8-12(2-3-13(11)16)24(21,22)19-6-4-18(5-7-19)15(20)14-9-23-10-17-14/h2-3,8,14,17H,4-7,9-10H2,1H3. The highest BCUT2D eigenvalue weighted by atomic mass is 32.2. The summed E-state index contributed by atoms with van der Waals surface area (Å²) in [5.41, 5.74) is 0.301. The lowest BCUT2D eigenvalue weighted by Gasteiger charge is -2.35. The maximum absolute atomic E-state index is 13.4. The molecule has 1 aromatic carbocycles. The van der Waals surface area contributed by atoms with Crippen molar-refractivity contribution in [3.63, 3.8) is 0 Å². The summed E-state index contributed by atoms with van der Waals surface area (Å²) in [6, 6.07) is 3.64. The van der Waals surface area contributed by atoms with Crippen LogP contribution in [0.25, 0.3) is 0 Å². The molecule has 3 rings (SSSR count). The van der Waals surface area contributed by atoms with Gasteiger partial charge in [0.1, 0.15) is 5.82 Å². The third-order valence-corrected chi connectivity index (χ3v) is 7.17. The molecule has 24 heavy (non-hydrogen) atoms. The summed E-state index contributed by atoms with van der Waals surface area (Å²) in [5.74, 6) is 1.14. The zero-order valence-corrected chi connectivity index (χ0v) is 15.0. The number of benzene rings is 1. The summed E-state index contributed by atoms with van der Waals surface area (Å²) < 4.78 is 40.1. The normalized spacial score (nSPS) is 22.8. The van der Waals surface area contributed by atoms with Gasteiger partial charge in [0.15, 0.2) is 0 Å². The Morgan fingerprint density at radius 1 is 1.29 bits per heavy atom. The topological polar surface area (TPSA) is 69.7 Å². The summed E-state index contributed by atoms with van der Waals surface area (Å²) in [5, 5.41) is 3.14. The van der Waals surface area contributed by atoms with Crippen molar-refractivity contribution in [3.05, 3.63) is 29.6 Å². The SMILES string of the molecule is Cc1cc(S(=O)(=O)N2CCN(C(=O)C3CSCN3)CC2)ccc1F. The largest absolute Gasteiger partial charge is 0.339 e. The second-order valence-electron chi connectivity index (χ2n) is 5.91. The van der Waals surface area contributed by atoms with E-state index in [0.717, 1.165) is 11.6 Å². The van der Waals surface area contributed by atoms with Crippen LogP contribution in [-0.4, -0.2) is 67.4 Å². The highest BCUT2D eigenvalue weighted by Crippen LogP contribution is 2.21. The fraction of sp³-hybridized carbons (Fsp3) is 0.533. The molecule has 2 fully saturated rings. The maximum Gasteiger partial charge on any atom is 0.243 e. The molecule has 9 heteroatoms. The summed E-state index contributed by atoms with van der Waals surface area (Å²) in [6.45, 7) is 2.80. The Hall–Kier alpha value is -1.16. The second-order valence-corrected chi connectivity index (χ2v) is 8.88. The van der Waals surface area contributed by atoms with Crippen molar-refractivity contribution in [1.29, 1.82) is 0 Å². The second kappa shape index (κ2) is 6.99. The lowest BCUT2D eigenvalue weighted by molar-refractivity contribution is -0.133. The van der Waals surface area contributed by atoms with Crippen molar-refractivity contribution in [3.8, 4) is 0 Å². The van der Waals surface area contributed by atoms with Crippen molar-refractivity contribution in [1.82, 2.24) is 14.5 Å². The van der Waals surface area contributed by atoms with Crippen LogP contribution in [0.1, 0.15) is 5.56 Å². The quantitative estimate of drug-likeness (QED) is 0.842. The Balaban J connectivity index is 1.67. The van der Waals surface area contributed by atoms with Crippen molar-refractivity contribution in [2.24, 2.45) is 0 Å². The highest BCUT2D eigenvalue weighted by molar-refractivity contribution is 7.99. The fourth-order valence-electron chi connectivity index (χ4n) is 2.85. The van der Waals surface area contributed by atoms with E-state index in [4.69, 9.17) is 0 Å². The molecule has 1 aromatic rings. The molecule has 1 atom stereocenters. The number of carbonyl (C=O) groups is 1. The molecule has 1 unspecified atom stereocenters. The van der Waals surface area contributed by atoms with E-state index in [1.807, 2.05) is 0 Å². The number of rotatable bonds is 3. The molecule has 6 nitrogen and oxygen atoms in total. The molecule has 2 aliphatic heterocycles. The van der Waals surface area contributed by atoms with E-state index in [0.29, 0.717) is 18.7 Å². The van der Waals surface area contributed by atoms with Crippen LogP contribution >= 0.6 is 11.8 Å². The molecule has 0 radical (unpaired) electrons. The van der Waals surface area contributed by atoms with E-state index >= 15 is 0 Å². The Morgan fingerprint density at radius 3 is 2.58 bits per heavy atom. The van der Waals surface area contributed by atoms with Gasteiger partial charge in [-0.25, -0.2) is 12.8 Å². The van der Waals surface area contributed by atoms with Crippen LogP contribution in [0.3, 0.4) is 0 Å². The predicted molar refractivity (Wildman–Crippen MR) is 90.7 cm³/mol. The Kier molecular flexibility index (Phi) is 5.14. The van der Waals surface area contributed by atoms with Gasteiger partial charge in [0.05, 0.1) is 10.9 Å². The first-order valence-corrected chi connectivity index (χ1v) is 10.4. The minimum atomic E-state index is -3.66. The number of sulfonamides is 1. The average Bonchev–Trinajstić information content (AvgIpc) is 3.11. The first kappa shape index (κ1) is 17.7. The van der Waals surface area contributed by atoms with Crippen LogP contribution in [0.15, 0.2) is 23.1 Å². The number of nitrogens with zero attached hydrogens (tertiary/aromatic N) is 2. The number of amides is 1. The minimum Gasteiger partial charge on any atom is -0.339 e. The maximum atomic E-state index is 13.4. The van der Waals surface area contributed by atoms with Crippen LogP contribution in [0.5, 0.6) is 0 Å². The molecular weight excluding hydrogens is 353 g/mol. The van der Waals surface area contributed by atoms with Gasteiger partial charge >= 0.3 is 0 Å². The van der Waals surface area contributed by atoms with E-state index in [9.17, 15) is 17.6 Å². The van der Waals surface area contributed by atoms with E-state index in [1.165, 1.54) is 29.4 Å². The number of carbonyl (C=O) groups excluding carboxylic acids is 1. The van der Waals surface area contributed by atoms with Gasteiger partial charge in [-0.3, -0.25) is 10.1 Å². The molecule has 0 aliphatic carbocycles. The number of hydrogen-bond acceptors (Lipinski definition) is 5. The van der Waals surface area contributed by atoms with Crippen molar-refractivity contribution >= 4 is 27.7 Å². The van der Waals surface area contributed by atoms with Crippen LogP contribution in [0.4, 0.5) is 4.39 Å². The predicted octanol–water partition coefficient (Wildman–Crippen LogP) is 0.630. The molecule has 0 bridgehead atoms. The Morgan fingerprint density at radius 2 is 2.00 bits per heavy atom. The number of halogens is 1. The monoisotopic (exact) mass is 373 g/mol. The average molecular weight is 373 g/mol. The van der Waals surface area contributed by atoms with E-state index in [2.05, 4.69) is 5.32 Å². The molecular formula is C15H20FN3O3S2. The van der Waals surface area contributed by atoms with E-state index in [-0.39, 0.29) is 29.9 Å². The molecule has 0 aromatic heterocycles. The summed E-state index contributed by atoms with van der Waals surface area (Å²) in [6.07, 6.45) is 0. The van der Waals surface area contributed by atoms with Gasteiger partial charge in [-0.05, 0) is 30.7 Å². The molecule has 2 saturated heterocycles. The number of aryl methyl sites for hydroxylation is 1. The van der Waals surface area contributed by atoms with Crippen LogP contribution < -0.4 is 5.32 Å². The first-order chi connectivity index (χ1) is 11.4. The number of thioether (sulfide) groups is 1. The molecule has 2 heterocycles. The lowest BCUT2D eigenvalue weighted by atomic mass is 10.2. The van der Waals surface area contributed by atoms with Gasteiger partial charge in [0.2, 0.25) is 15.9 Å². The molecule has 0 spiro atoms. The summed E-state index contributed by atoms with van der Waals surface area (Å²) in [7, 11) is -3.66. The first-order valence-electron chi connectivity index (χ1n) is 7.76. The highest BCUT2D eigenvalue weighted by Gasteiger charge is 2.33. The number of nitrogens with one attached hydrogen (secondary N) is 1. The van der Waals surface area contributed by atoms with Gasteiger partial charge in [0, 0.05) is 37.8 Å². The summed E-state index contributed by atoms with van der Waals surface area (Å²) in [4.78, 5) is 14.2. The zero-order chi connectivity index (χ0) is 17.3. The van der Waals surface area contributed by atoms with Crippen LogP contribution in [0.2, 0.25) is 0 Å². The third kappa shape index (κ3) is 3.44. The van der Waals surface area contributed by atoms with Gasteiger partial charge in [0.25, 0.3) is 0 Å². The molecule has 2 aliphatic rings. The van der Waals surface area contributed by atoms with E-state index < -0.39 is 15.8 Å². The summed E-state index contributed by atoms with van der Waals surface area (Å²) >= 11 is 1.68. The Labute approximate surface area is 145 Å². The molecule has 0 saturated carbocycles. The van der Waals surface area contributed by atoms with Gasteiger partial charge < -0.3 is 4.90 Å². The van der Waals surface area contributed by atoms with E-state index in [1.54, 1.807) is 16.7 Å². The van der Waals surface area contributed by atoms with Crippen LogP contribution in [-0.2, 0) is 14.8 Å². The fourth-order valence-corrected chi connectivity index (χ4v) is 5.29. The number of hydrogen-bond donors (Lipinski definition) is 1. The van der Waals surface area contributed by atoms with Gasteiger partial charge in [-0.1, -0.05) is 0 Å². The van der Waals surface area contributed by atoms with Gasteiger partial charge in [-0.2, -0.15) is 4.31 Å². The van der Waals surface area contributed by atoms with Crippen molar-refractivity contribution < 1.29 is 17.6 Å². The lowest BCUT2D eigenvalue weighted by Crippen LogP contribution is -2.54.